The van der Waals surface area contributed by atoms with Gasteiger partial charge in [-0.05, 0) is 42.7 Å². The zero-order valence-corrected chi connectivity index (χ0v) is 16.1. The second-order valence-electron chi connectivity index (χ2n) is 7.00. The molecule has 1 atom stereocenters. The van der Waals surface area contributed by atoms with Crippen molar-refractivity contribution >= 4 is 15.7 Å². The van der Waals surface area contributed by atoms with Gasteiger partial charge in [-0.2, -0.15) is 0 Å². The summed E-state index contributed by atoms with van der Waals surface area (Å²) in [6, 6.07) is 12.5. The fourth-order valence-electron chi connectivity index (χ4n) is 3.15. The second-order valence-corrected chi connectivity index (χ2v) is 9.02. The Bertz CT molecular complexity index is 934. The van der Waals surface area contributed by atoms with Gasteiger partial charge in [-0.25, -0.2) is 8.42 Å². The standard InChI is InChI=1S/C20H24N2O3S/c1-13-7-8-18(14(2)9-13)19(22-20(23)16-11-21-12-16)15-5-4-6-17(10-15)26(3,24)25/h4-10,16,19,21H,11-12H2,1-3H3,(H,22,23). The van der Waals surface area contributed by atoms with Crippen LogP contribution < -0.4 is 10.6 Å². The Hall–Kier alpha value is -2.18. The molecule has 1 unspecified atom stereocenters. The molecule has 1 heterocycles. The zero-order valence-electron chi connectivity index (χ0n) is 15.2. The molecule has 138 valence electrons. The second kappa shape index (κ2) is 7.21. The Morgan fingerprint density at radius 3 is 2.46 bits per heavy atom. The van der Waals surface area contributed by atoms with Crippen molar-refractivity contribution in [1.29, 1.82) is 0 Å². The molecule has 2 aromatic carbocycles. The molecule has 0 spiro atoms. The number of carbonyl (C=O) groups excluding carboxylic acids is 1. The Morgan fingerprint density at radius 2 is 1.88 bits per heavy atom. The quantitative estimate of drug-likeness (QED) is 0.843. The molecule has 0 aliphatic carbocycles. The molecule has 0 aromatic heterocycles. The van der Waals surface area contributed by atoms with Crippen LogP contribution in [0.4, 0.5) is 0 Å². The summed E-state index contributed by atoms with van der Waals surface area (Å²) in [5.41, 5.74) is 3.94. The molecule has 26 heavy (non-hydrogen) atoms. The minimum atomic E-state index is -3.32. The van der Waals surface area contributed by atoms with Gasteiger partial charge in [0.2, 0.25) is 5.91 Å². The maximum Gasteiger partial charge on any atom is 0.226 e. The fourth-order valence-corrected chi connectivity index (χ4v) is 3.83. The summed E-state index contributed by atoms with van der Waals surface area (Å²) < 4.78 is 23.9. The van der Waals surface area contributed by atoms with E-state index in [0.29, 0.717) is 13.1 Å². The molecule has 0 radical (unpaired) electrons. The van der Waals surface area contributed by atoms with E-state index in [-0.39, 0.29) is 22.8 Å². The summed E-state index contributed by atoms with van der Waals surface area (Å²) in [5.74, 6) is -0.0557. The number of carbonyl (C=O) groups is 1. The van der Waals surface area contributed by atoms with Crippen LogP contribution in [0.2, 0.25) is 0 Å². The minimum absolute atomic E-state index is 0.0153. The Kier molecular flexibility index (Phi) is 5.16. The third-order valence-corrected chi connectivity index (χ3v) is 5.90. The molecule has 3 rings (SSSR count). The van der Waals surface area contributed by atoms with Gasteiger partial charge in [0.15, 0.2) is 9.84 Å². The summed E-state index contributed by atoms with van der Waals surface area (Å²) in [4.78, 5) is 12.8. The topological polar surface area (TPSA) is 75.3 Å². The van der Waals surface area contributed by atoms with Crippen molar-refractivity contribution in [3.63, 3.8) is 0 Å². The SMILES string of the molecule is Cc1ccc(C(NC(=O)C2CNC2)c2cccc(S(C)(=O)=O)c2)c(C)c1. The lowest BCUT2D eigenvalue weighted by Gasteiger charge is -2.29. The van der Waals surface area contributed by atoms with Crippen LogP contribution in [0.3, 0.4) is 0 Å². The number of sulfone groups is 1. The van der Waals surface area contributed by atoms with Gasteiger partial charge in [-0.1, -0.05) is 35.9 Å². The van der Waals surface area contributed by atoms with Gasteiger partial charge >= 0.3 is 0 Å². The van der Waals surface area contributed by atoms with Gasteiger partial charge in [0.25, 0.3) is 0 Å². The van der Waals surface area contributed by atoms with Crippen LogP contribution in [-0.2, 0) is 14.6 Å². The summed E-state index contributed by atoms with van der Waals surface area (Å²) in [5, 5.41) is 6.22. The van der Waals surface area contributed by atoms with E-state index in [1.54, 1.807) is 18.2 Å². The van der Waals surface area contributed by atoms with Crippen LogP contribution in [0.1, 0.15) is 28.3 Å². The monoisotopic (exact) mass is 372 g/mol. The fraction of sp³-hybridized carbons (Fsp3) is 0.350. The van der Waals surface area contributed by atoms with Crippen LogP contribution in [0.25, 0.3) is 0 Å². The molecule has 1 amide bonds. The lowest BCUT2D eigenvalue weighted by atomic mass is 9.92. The number of benzene rings is 2. The van der Waals surface area contributed by atoms with Gasteiger partial charge in [-0.3, -0.25) is 4.79 Å². The van der Waals surface area contributed by atoms with Crippen LogP contribution in [0, 0.1) is 19.8 Å². The van der Waals surface area contributed by atoms with E-state index < -0.39 is 9.84 Å². The Morgan fingerprint density at radius 1 is 1.15 bits per heavy atom. The number of hydrogen-bond donors (Lipinski definition) is 2. The average molecular weight is 372 g/mol. The highest BCUT2D eigenvalue weighted by Crippen LogP contribution is 2.28. The molecule has 6 heteroatoms. The molecule has 1 fully saturated rings. The third kappa shape index (κ3) is 3.97. The van der Waals surface area contributed by atoms with Crippen molar-refractivity contribution in [1.82, 2.24) is 10.6 Å². The summed E-state index contributed by atoms with van der Waals surface area (Å²) in [6.07, 6.45) is 1.19. The predicted octanol–water partition coefficient (Wildman–Crippen LogP) is 2.13. The largest absolute Gasteiger partial charge is 0.345 e. The first kappa shape index (κ1) is 18.6. The normalized spacial score (nSPS) is 16.0. The zero-order chi connectivity index (χ0) is 18.9. The highest BCUT2D eigenvalue weighted by molar-refractivity contribution is 7.90. The Balaban J connectivity index is 2.03. The van der Waals surface area contributed by atoms with E-state index in [9.17, 15) is 13.2 Å². The molecule has 1 aliphatic rings. The Labute approximate surface area is 154 Å². The predicted molar refractivity (Wildman–Crippen MR) is 102 cm³/mol. The lowest BCUT2D eigenvalue weighted by molar-refractivity contribution is -0.126. The highest BCUT2D eigenvalue weighted by Gasteiger charge is 2.28. The smallest absolute Gasteiger partial charge is 0.226 e. The first-order valence-corrected chi connectivity index (χ1v) is 10.5. The molecule has 2 aromatic rings. The van der Waals surface area contributed by atoms with Gasteiger partial charge in [0, 0.05) is 19.3 Å². The molecule has 1 saturated heterocycles. The number of rotatable bonds is 5. The molecular formula is C20H24N2O3S. The van der Waals surface area contributed by atoms with Crippen LogP contribution in [0.5, 0.6) is 0 Å². The average Bonchev–Trinajstić information content (AvgIpc) is 2.51. The van der Waals surface area contributed by atoms with Crippen LogP contribution >= 0.6 is 0 Å². The summed E-state index contributed by atoms with van der Waals surface area (Å²) in [6.45, 7) is 5.38. The maximum atomic E-state index is 12.6. The molecule has 1 aliphatic heterocycles. The third-order valence-electron chi connectivity index (χ3n) is 4.79. The van der Waals surface area contributed by atoms with E-state index in [1.807, 2.05) is 32.0 Å². The van der Waals surface area contributed by atoms with E-state index in [2.05, 4.69) is 16.7 Å². The van der Waals surface area contributed by atoms with E-state index in [4.69, 9.17) is 0 Å². The van der Waals surface area contributed by atoms with Crippen molar-refractivity contribution in [2.75, 3.05) is 19.3 Å². The number of amides is 1. The number of aryl methyl sites for hydroxylation is 2. The van der Waals surface area contributed by atoms with Crippen molar-refractivity contribution in [2.24, 2.45) is 5.92 Å². The number of nitrogens with one attached hydrogen (secondary N) is 2. The van der Waals surface area contributed by atoms with E-state index in [1.165, 1.54) is 6.26 Å². The van der Waals surface area contributed by atoms with E-state index in [0.717, 1.165) is 22.3 Å². The van der Waals surface area contributed by atoms with Gasteiger partial charge in [0.05, 0.1) is 16.9 Å². The molecule has 5 nitrogen and oxygen atoms in total. The van der Waals surface area contributed by atoms with Crippen LogP contribution in [0.15, 0.2) is 47.4 Å². The minimum Gasteiger partial charge on any atom is -0.345 e. The highest BCUT2D eigenvalue weighted by atomic mass is 32.2. The van der Waals surface area contributed by atoms with Gasteiger partial charge < -0.3 is 10.6 Å². The number of hydrogen-bond acceptors (Lipinski definition) is 4. The molecule has 0 bridgehead atoms. The van der Waals surface area contributed by atoms with Gasteiger partial charge in [0.1, 0.15) is 0 Å². The van der Waals surface area contributed by atoms with Crippen molar-refractivity contribution in [2.45, 2.75) is 24.8 Å². The molecule has 0 saturated carbocycles. The summed E-state index contributed by atoms with van der Waals surface area (Å²) in [7, 11) is -3.32. The maximum absolute atomic E-state index is 12.6. The first-order chi connectivity index (χ1) is 12.3. The molecular weight excluding hydrogens is 348 g/mol. The summed E-state index contributed by atoms with van der Waals surface area (Å²) >= 11 is 0. The van der Waals surface area contributed by atoms with Crippen molar-refractivity contribution < 1.29 is 13.2 Å². The first-order valence-electron chi connectivity index (χ1n) is 8.64. The molecule has 2 N–H and O–H groups in total. The van der Waals surface area contributed by atoms with Crippen LogP contribution in [-0.4, -0.2) is 33.7 Å². The van der Waals surface area contributed by atoms with E-state index >= 15 is 0 Å². The lowest BCUT2D eigenvalue weighted by Crippen LogP contribution is -2.51. The van der Waals surface area contributed by atoms with Gasteiger partial charge in [-0.15, -0.1) is 0 Å². The van der Waals surface area contributed by atoms with Crippen molar-refractivity contribution in [3.05, 3.63) is 64.7 Å². The van der Waals surface area contributed by atoms with Crippen molar-refractivity contribution in [3.8, 4) is 0 Å².